The summed E-state index contributed by atoms with van der Waals surface area (Å²) >= 11 is 0. The van der Waals surface area contributed by atoms with Crippen molar-refractivity contribution in [2.24, 2.45) is 23.2 Å². The van der Waals surface area contributed by atoms with Gasteiger partial charge >= 0.3 is 5.97 Å². The van der Waals surface area contributed by atoms with Crippen LogP contribution in [0.5, 0.6) is 0 Å². The Labute approximate surface area is 181 Å². The van der Waals surface area contributed by atoms with Gasteiger partial charge in [-0.1, -0.05) is 56.3 Å². The number of hydrogen-bond acceptors (Lipinski definition) is 4. The second kappa shape index (κ2) is 8.12. The molecule has 0 unspecified atom stereocenters. The summed E-state index contributed by atoms with van der Waals surface area (Å²) in [6.07, 6.45) is 5.57. The third-order valence-electron chi connectivity index (χ3n) is 8.15. The van der Waals surface area contributed by atoms with Crippen LogP contribution >= 0.6 is 0 Å². The van der Waals surface area contributed by atoms with Crippen LogP contribution in [0, 0.1) is 23.2 Å². The van der Waals surface area contributed by atoms with Gasteiger partial charge in [0.05, 0.1) is 11.5 Å². The first kappa shape index (κ1) is 21.6. The number of rotatable bonds is 6. The molecule has 0 bridgehead atoms. The highest BCUT2D eigenvalue weighted by Crippen LogP contribution is 2.56. The Hall–Kier alpha value is -1.65. The average molecular weight is 412 g/mol. The molecule has 1 aromatic rings. The third kappa shape index (κ3) is 3.97. The second-order valence-corrected chi connectivity index (χ2v) is 10.4. The van der Waals surface area contributed by atoms with E-state index in [9.17, 15) is 9.90 Å². The van der Waals surface area contributed by atoms with E-state index in [2.05, 4.69) is 25.3 Å². The highest BCUT2D eigenvalue weighted by molar-refractivity contribution is 5.75. The maximum absolute atomic E-state index is 12.9. The number of carbonyl (C=O) groups is 1. The SMILES string of the molecule is C=C1CCC[C@]2(C)C[C@H]3OC(=O)[C@@H](CN(CC)C[C@](C)(O)c4ccccc4)[C@H]3C[C@H]12. The smallest absolute Gasteiger partial charge is 0.310 e. The Morgan fingerprint density at radius 1 is 1.33 bits per heavy atom. The summed E-state index contributed by atoms with van der Waals surface area (Å²) < 4.78 is 5.93. The highest BCUT2D eigenvalue weighted by atomic mass is 16.6. The average Bonchev–Trinajstić information content (AvgIpc) is 3.00. The van der Waals surface area contributed by atoms with Gasteiger partial charge in [-0.25, -0.2) is 0 Å². The summed E-state index contributed by atoms with van der Waals surface area (Å²) in [5.41, 5.74) is 1.55. The molecule has 0 aromatic heterocycles. The van der Waals surface area contributed by atoms with Gasteiger partial charge in [-0.2, -0.15) is 0 Å². The summed E-state index contributed by atoms with van der Waals surface area (Å²) in [6.45, 7) is 12.7. The number of esters is 1. The first-order chi connectivity index (χ1) is 14.2. The number of likely N-dealkylation sites (N-methyl/N-ethyl adjacent to an activating group) is 1. The molecule has 6 atom stereocenters. The fraction of sp³-hybridized carbons (Fsp3) is 0.654. The van der Waals surface area contributed by atoms with Gasteiger partial charge in [0.25, 0.3) is 0 Å². The zero-order valence-corrected chi connectivity index (χ0v) is 18.8. The summed E-state index contributed by atoms with van der Waals surface area (Å²) in [4.78, 5) is 15.1. The second-order valence-electron chi connectivity index (χ2n) is 10.4. The molecule has 1 aromatic carbocycles. The molecule has 0 spiro atoms. The first-order valence-corrected chi connectivity index (χ1v) is 11.6. The molecule has 0 amide bonds. The number of hydrogen-bond donors (Lipinski definition) is 1. The molecule has 1 aliphatic heterocycles. The van der Waals surface area contributed by atoms with Crippen molar-refractivity contribution < 1.29 is 14.6 Å². The van der Waals surface area contributed by atoms with Crippen LogP contribution in [0.4, 0.5) is 0 Å². The predicted molar refractivity (Wildman–Crippen MR) is 119 cm³/mol. The number of aliphatic hydroxyl groups is 1. The zero-order valence-electron chi connectivity index (χ0n) is 18.8. The van der Waals surface area contributed by atoms with E-state index in [1.54, 1.807) is 0 Å². The van der Waals surface area contributed by atoms with Crippen molar-refractivity contribution >= 4 is 5.97 Å². The lowest BCUT2D eigenvalue weighted by Gasteiger charge is -2.50. The molecule has 30 heavy (non-hydrogen) atoms. The van der Waals surface area contributed by atoms with Crippen molar-refractivity contribution in [3.8, 4) is 0 Å². The van der Waals surface area contributed by atoms with Gasteiger partial charge < -0.3 is 9.84 Å². The third-order valence-corrected chi connectivity index (χ3v) is 8.15. The normalized spacial score (nSPS) is 35.5. The molecule has 164 valence electrons. The van der Waals surface area contributed by atoms with Crippen LogP contribution in [0.2, 0.25) is 0 Å². The van der Waals surface area contributed by atoms with Crippen LogP contribution in [0.1, 0.15) is 58.4 Å². The monoisotopic (exact) mass is 411 g/mol. The molecule has 2 aliphatic carbocycles. The number of carbonyl (C=O) groups excluding carboxylic acids is 1. The fourth-order valence-electron chi connectivity index (χ4n) is 6.37. The number of benzene rings is 1. The van der Waals surface area contributed by atoms with Gasteiger partial charge in [0.2, 0.25) is 0 Å². The van der Waals surface area contributed by atoms with Crippen LogP contribution in [0.3, 0.4) is 0 Å². The van der Waals surface area contributed by atoms with Crippen LogP contribution in [-0.4, -0.2) is 41.7 Å². The summed E-state index contributed by atoms with van der Waals surface area (Å²) in [5.74, 6) is 0.615. The maximum atomic E-state index is 12.9. The van der Waals surface area contributed by atoms with Crippen LogP contribution in [-0.2, 0) is 15.1 Å². The lowest BCUT2D eigenvalue weighted by atomic mass is 9.55. The Morgan fingerprint density at radius 2 is 2.07 bits per heavy atom. The van der Waals surface area contributed by atoms with Crippen LogP contribution in [0.15, 0.2) is 42.5 Å². The van der Waals surface area contributed by atoms with Crippen LogP contribution < -0.4 is 0 Å². The number of allylic oxidation sites excluding steroid dienone is 1. The molecule has 4 rings (SSSR count). The zero-order chi connectivity index (χ0) is 21.5. The molecule has 1 heterocycles. The van der Waals surface area contributed by atoms with Gasteiger partial charge in [0, 0.05) is 19.0 Å². The number of ether oxygens (including phenoxy) is 1. The molecule has 3 fully saturated rings. The van der Waals surface area contributed by atoms with Crippen molar-refractivity contribution in [1.82, 2.24) is 4.90 Å². The minimum atomic E-state index is -0.956. The minimum absolute atomic E-state index is 0.0444. The summed E-state index contributed by atoms with van der Waals surface area (Å²) in [6, 6.07) is 9.79. The minimum Gasteiger partial charge on any atom is -0.462 e. The van der Waals surface area contributed by atoms with Crippen molar-refractivity contribution in [1.29, 1.82) is 0 Å². The van der Waals surface area contributed by atoms with Gasteiger partial charge in [-0.05, 0) is 62.5 Å². The standard InChI is InChI=1S/C26H37NO3/c1-5-27(17-26(4,29)19-11-7-6-8-12-19)16-21-20-14-22-18(2)10-9-13-25(22,3)15-23(20)30-24(21)28/h6-8,11-12,20-23,29H,2,5,9-10,13-17H2,1,3-4H3/t20-,21+,22-,23-,25-,26+/m1/s1. The Morgan fingerprint density at radius 3 is 2.77 bits per heavy atom. The fourth-order valence-corrected chi connectivity index (χ4v) is 6.37. The molecule has 1 N–H and O–H groups in total. The van der Waals surface area contributed by atoms with Crippen molar-refractivity contribution in [3.05, 3.63) is 48.0 Å². The summed E-state index contributed by atoms with van der Waals surface area (Å²) in [5, 5.41) is 11.1. The van der Waals surface area contributed by atoms with E-state index in [0.29, 0.717) is 19.0 Å². The Bertz CT molecular complexity index is 789. The molecule has 0 radical (unpaired) electrons. The van der Waals surface area contributed by atoms with E-state index < -0.39 is 5.60 Å². The molecular weight excluding hydrogens is 374 g/mol. The van der Waals surface area contributed by atoms with Gasteiger partial charge in [-0.3, -0.25) is 9.69 Å². The quantitative estimate of drug-likeness (QED) is 0.552. The van der Waals surface area contributed by atoms with E-state index in [4.69, 9.17) is 4.74 Å². The maximum Gasteiger partial charge on any atom is 0.310 e. The number of nitrogens with zero attached hydrogens (tertiary/aromatic N) is 1. The van der Waals surface area contributed by atoms with Crippen molar-refractivity contribution in [3.63, 3.8) is 0 Å². The van der Waals surface area contributed by atoms with Gasteiger partial charge in [-0.15, -0.1) is 0 Å². The van der Waals surface area contributed by atoms with E-state index in [1.807, 2.05) is 37.3 Å². The molecule has 1 saturated heterocycles. The number of fused-ring (bicyclic) bond motifs is 2. The molecule has 3 aliphatic rings. The van der Waals surface area contributed by atoms with Gasteiger partial charge in [0.1, 0.15) is 6.10 Å². The van der Waals surface area contributed by atoms with E-state index in [1.165, 1.54) is 18.4 Å². The van der Waals surface area contributed by atoms with Crippen molar-refractivity contribution in [2.75, 3.05) is 19.6 Å². The Kier molecular flexibility index (Phi) is 5.84. The molecule has 2 saturated carbocycles. The summed E-state index contributed by atoms with van der Waals surface area (Å²) in [7, 11) is 0. The molecule has 4 heteroatoms. The first-order valence-electron chi connectivity index (χ1n) is 11.6. The van der Waals surface area contributed by atoms with Gasteiger partial charge in [0.15, 0.2) is 0 Å². The highest BCUT2D eigenvalue weighted by Gasteiger charge is 2.55. The van der Waals surface area contributed by atoms with E-state index >= 15 is 0 Å². The van der Waals surface area contributed by atoms with Crippen molar-refractivity contribution in [2.45, 2.75) is 64.6 Å². The van der Waals surface area contributed by atoms with E-state index in [0.717, 1.165) is 31.4 Å². The van der Waals surface area contributed by atoms with E-state index in [-0.39, 0.29) is 29.3 Å². The lowest BCUT2D eigenvalue weighted by Crippen LogP contribution is -2.47. The lowest BCUT2D eigenvalue weighted by molar-refractivity contribution is -0.146. The Balaban J connectivity index is 1.48. The predicted octanol–water partition coefficient (Wildman–Crippen LogP) is 4.53. The molecule has 4 nitrogen and oxygen atoms in total. The molecular formula is C26H37NO3. The largest absolute Gasteiger partial charge is 0.462 e. The van der Waals surface area contributed by atoms with Crippen LogP contribution in [0.25, 0.3) is 0 Å². The topological polar surface area (TPSA) is 49.8 Å².